The van der Waals surface area contributed by atoms with Crippen LogP contribution in [0.25, 0.3) is 0 Å². The summed E-state index contributed by atoms with van der Waals surface area (Å²) in [5, 5.41) is 3.04. The van der Waals surface area contributed by atoms with Crippen LogP contribution in [-0.4, -0.2) is 21.9 Å². The summed E-state index contributed by atoms with van der Waals surface area (Å²) < 4.78 is 13.4. The third-order valence-electron chi connectivity index (χ3n) is 4.58. The molecule has 5 nitrogen and oxygen atoms in total. The maximum Gasteiger partial charge on any atom is 0.277 e. The van der Waals surface area contributed by atoms with Crippen molar-refractivity contribution in [2.45, 2.75) is 26.3 Å². The first-order chi connectivity index (χ1) is 13.0. The Kier molecular flexibility index (Phi) is 4.32. The molecule has 0 saturated heterocycles. The standard InChI is InChI=1S/C21H19FN4O/c1-13-10-15-6-3-4-9-19(15)26(13)21(27)18-12-20(24-14(2)23-18)25-17-8-5-7-16(22)11-17/h3-9,11-13H,10H2,1-2H3,(H,23,24,25). The van der Waals surface area contributed by atoms with Gasteiger partial charge in [-0.1, -0.05) is 24.3 Å². The maximum absolute atomic E-state index is 13.4. The lowest BCUT2D eigenvalue weighted by Crippen LogP contribution is -2.36. The third kappa shape index (κ3) is 3.38. The summed E-state index contributed by atoms with van der Waals surface area (Å²) in [6, 6.07) is 15.7. The Bertz CT molecular complexity index is 1020. The quantitative estimate of drug-likeness (QED) is 0.756. The molecule has 3 aromatic rings. The van der Waals surface area contributed by atoms with Crippen LogP contribution >= 0.6 is 0 Å². The molecule has 1 aliphatic heterocycles. The number of hydrogen-bond acceptors (Lipinski definition) is 4. The lowest BCUT2D eigenvalue weighted by atomic mass is 10.1. The number of rotatable bonds is 3. The van der Waals surface area contributed by atoms with Gasteiger partial charge in [0.2, 0.25) is 0 Å². The van der Waals surface area contributed by atoms with Gasteiger partial charge in [0.05, 0.1) is 0 Å². The van der Waals surface area contributed by atoms with E-state index in [0.29, 0.717) is 23.0 Å². The number of anilines is 3. The van der Waals surface area contributed by atoms with Crippen LogP contribution in [0.2, 0.25) is 0 Å². The van der Waals surface area contributed by atoms with Crippen LogP contribution in [0.4, 0.5) is 21.6 Å². The molecule has 0 aliphatic carbocycles. The van der Waals surface area contributed by atoms with Crippen LogP contribution in [-0.2, 0) is 6.42 Å². The number of para-hydroxylation sites is 1. The first-order valence-corrected chi connectivity index (χ1v) is 8.81. The first-order valence-electron chi connectivity index (χ1n) is 8.81. The van der Waals surface area contributed by atoms with E-state index in [4.69, 9.17) is 0 Å². The number of aryl methyl sites for hydroxylation is 1. The van der Waals surface area contributed by atoms with Gasteiger partial charge in [0.25, 0.3) is 5.91 Å². The van der Waals surface area contributed by atoms with Gasteiger partial charge in [-0.3, -0.25) is 4.79 Å². The number of benzene rings is 2. The third-order valence-corrected chi connectivity index (χ3v) is 4.58. The molecule has 1 aliphatic rings. The highest BCUT2D eigenvalue weighted by atomic mass is 19.1. The molecule has 0 radical (unpaired) electrons. The minimum Gasteiger partial charge on any atom is -0.340 e. The average molecular weight is 362 g/mol. The molecule has 0 saturated carbocycles. The van der Waals surface area contributed by atoms with E-state index >= 15 is 0 Å². The molecule has 1 N–H and O–H groups in total. The van der Waals surface area contributed by atoms with Crippen LogP contribution in [0.15, 0.2) is 54.6 Å². The minimum atomic E-state index is -0.343. The number of amides is 1. The molecule has 27 heavy (non-hydrogen) atoms. The van der Waals surface area contributed by atoms with Crippen molar-refractivity contribution < 1.29 is 9.18 Å². The molecule has 4 rings (SSSR count). The van der Waals surface area contributed by atoms with Crippen molar-refractivity contribution in [3.8, 4) is 0 Å². The fraction of sp³-hybridized carbons (Fsp3) is 0.190. The smallest absolute Gasteiger partial charge is 0.277 e. The van der Waals surface area contributed by atoms with E-state index in [1.807, 2.05) is 31.2 Å². The molecule has 136 valence electrons. The highest BCUT2D eigenvalue weighted by molar-refractivity contribution is 6.07. The highest BCUT2D eigenvalue weighted by Gasteiger charge is 2.32. The predicted molar refractivity (Wildman–Crippen MR) is 103 cm³/mol. The summed E-state index contributed by atoms with van der Waals surface area (Å²) in [5.41, 5.74) is 2.95. The predicted octanol–water partition coefficient (Wildman–Crippen LogP) is 4.26. The Balaban J connectivity index is 1.66. The molecule has 0 fully saturated rings. The van der Waals surface area contributed by atoms with E-state index in [-0.39, 0.29) is 17.8 Å². The molecule has 1 atom stereocenters. The zero-order valence-corrected chi connectivity index (χ0v) is 15.1. The molecule has 1 aromatic heterocycles. The van der Waals surface area contributed by atoms with E-state index in [1.165, 1.54) is 12.1 Å². The summed E-state index contributed by atoms with van der Waals surface area (Å²) >= 11 is 0. The number of nitrogens with zero attached hydrogens (tertiary/aromatic N) is 3. The van der Waals surface area contributed by atoms with Crippen LogP contribution in [0.1, 0.15) is 28.8 Å². The SMILES string of the molecule is Cc1nc(Nc2cccc(F)c2)cc(C(=O)N2c3ccccc3CC2C)n1. The topological polar surface area (TPSA) is 58.1 Å². The van der Waals surface area contributed by atoms with Crippen molar-refractivity contribution in [2.75, 3.05) is 10.2 Å². The van der Waals surface area contributed by atoms with E-state index < -0.39 is 0 Å². The number of halogens is 1. The van der Waals surface area contributed by atoms with Gasteiger partial charge < -0.3 is 10.2 Å². The second kappa shape index (κ2) is 6.79. The van der Waals surface area contributed by atoms with Crippen molar-refractivity contribution >= 4 is 23.1 Å². The number of hydrogen-bond donors (Lipinski definition) is 1. The Labute approximate surface area is 156 Å². The normalized spacial score (nSPS) is 15.5. The van der Waals surface area contributed by atoms with Gasteiger partial charge >= 0.3 is 0 Å². The van der Waals surface area contributed by atoms with Crippen LogP contribution in [0.5, 0.6) is 0 Å². The van der Waals surface area contributed by atoms with Crippen LogP contribution in [0, 0.1) is 12.7 Å². The molecule has 2 aromatic carbocycles. The highest BCUT2D eigenvalue weighted by Crippen LogP contribution is 2.33. The summed E-state index contributed by atoms with van der Waals surface area (Å²) in [4.78, 5) is 23.6. The number of nitrogens with one attached hydrogen (secondary N) is 1. The Morgan fingerprint density at radius 2 is 1.96 bits per heavy atom. The van der Waals surface area contributed by atoms with Crippen LogP contribution < -0.4 is 10.2 Å². The van der Waals surface area contributed by atoms with E-state index in [0.717, 1.165) is 17.7 Å². The zero-order valence-electron chi connectivity index (χ0n) is 15.1. The van der Waals surface area contributed by atoms with Crippen LogP contribution in [0.3, 0.4) is 0 Å². The average Bonchev–Trinajstić information content (AvgIpc) is 2.96. The van der Waals surface area contributed by atoms with E-state index in [2.05, 4.69) is 15.3 Å². The fourth-order valence-corrected chi connectivity index (χ4v) is 3.45. The van der Waals surface area contributed by atoms with Crippen molar-refractivity contribution in [3.05, 3.63) is 77.5 Å². The summed E-state index contributed by atoms with van der Waals surface area (Å²) in [6.07, 6.45) is 0.820. The molecule has 6 heteroatoms. The number of aromatic nitrogens is 2. The largest absolute Gasteiger partial charge is 0.340 e. The Morgan fingerprint density at radius 1 is 1.15 bits per heavy atom. The van der Waals surface area contributed by atoms with Gasteiger partial charge in [-0.25, -0.2) is 14.4 Å². The second-order valence-corrected chi connectivity index (χ2v) is 6.68. The summed E-state index contributed by atoms with van der Waals surface area (Å²) in [5.74, 6) is 0.418. The molecule has 2 heterocycles. The molecular formula is C21H19FN4O. The molecular weight excluding hydrogens is 343 g/mol. The van der Waals surface area contributed by atoms with Gasteiger partial charge in [0.15, 0.2) is 0 Å². The molecule has 0 spiro atoms. The Morgan fingerprint density at radius 3 is 2.78 bits per heavy atom. The summed E-state index contributed by atoms with van der Waals surface area (Å²) in [7, 11) is 0. The van der Waals surface area contributed by atoms with E-state index in [1.54, 1.807) is 30.0 Å². The number of carbonyl (C=O) groups excluding carboxylic acids is 1. The molecule has 0 bridgehead atoms. The number of carbonyl (C=O) groups is 1. The zero-order chi connectivity index (χ0) is 19.0. The second-order valence-electron chi connectivity index (χ2n) is 6.68. The van der Waals surface area contributed by atoms with Gasteiger partial charge in [-0.15, -0.1) is 0 Å². The molecule has 1 unspecified atom stereocenters. The number of fused-ring (bicyclic) bond motifs is 1. The fourth-order valence-electron chi connectivity index (χ4n) is 3.45. The van der Waals surface area contributed by atoms with Gasteiger partial charge in [-0.2, -0.15) is 0 Å². The monoisotopic (exact) mass is 362 g/mol. The van der Waals surface area contributed by atoms with Crippen molar-refractivity contribution in [2.24, 2.45) is 0 Å². The van der Waals surface area contributed by atoms with E-state index in [9.17, 15) is 9.18 Å². The lowest BCUT2D eigenvalue weighted by molar-refractivity contribution is 0.0976. The minimum absolute atomic E-state index is 0.0600. The van der Waals surface area contributed by atoms with Gasteiger partial charge in [0.1, 0.15) is 23.2 Å². The van der Waals surface area contributed by atoms with Gasteiger partial charge in [0, 0.05) is 23.5 Å². The Hall–Kier alpha value is -3.28. The summed E-state index contributed by atoms with van der Waals surface area (Å²) in [6.45, 7) is 3.76. The van der Waals surface area contributed by atoms with Crippen molar-refractivity contribution in [1.29, 1.82) is 0 Å². The maximum atomic E-state index is 13.4. The first kappa shape index (κ1) is 17.1. The molecule has 1 amide bonds. The van der Waals surface area contributed by atoms with Crippen molar-refractivity contribution in [3.63, 3.8) is 0 Å². The van der Waals surface area contributed by atoms with Crippen molar-refractivity contribution in [1.82, 2.24) is 9.97 Å². The lowest BCUT2D eigenvalue weighted by Gasteiger charge is -2.22. The van der Waals surface area contributed by atoms with Gasteiger partial charge in [-0.05, 0) is 50.1 Å².